The number of pyridine rings is 1. The number of nitrogens with zero attached hydrogens (tertiary/aromatic N) is 2. The molecule has 1 aromatic rings. The fourth-order valence-corrected chi connectivity index (χ4v) is 1.40. The zero-order valence-corrected chi connectivity index (χ0v) is 10.7. The molecule has 0 spiro atoms. The van der Waals surface area contributed by atoms with E-state index in [0.29, 0.717) is 29.8 Å². The number of hydrogen-bond donors (Lipinski definition) is 1. The lowest BCUT2D eigenvalue weighted by Gasteiger charge is -2.16. The Bertz CT molecular complexity index is 405. The Labute approximate surface area is 101 Å². The molecule has 0 aliphatic carbocycles. The molecule has 0 aromatic carbocycles. The van der Waals surface area contributed by atoms with E-state index < -0.39 is 0 Å². The molecule has 5 nitrogen and oxygen atoms in total. The molecule has 0 saturated heterocycles. The molecule has 1 rings (SSSR count). The van der Waals surface area contributed by atoms with Gasteiger partial charge in [-0.1, -0.05) is 20.8 Å². The molecule has 5 heteroatoms. The maximum absolute atomic E-state index is 10.9. The molecule has 0 aliphatic heterocycles. The van der Waals surface area contributed by atoms with Crippen LogP contribution in [0.15, 0.2) is 12.3 Å². The van der Waals surface area contributed by atoms with Crippen LogP contribution < -0.4 is 5.32 Å². The molecule has 94 valence electrons. The van der Waals surface area contributed by atoms with Crippen molar-refractivity contribution in [2.75, 3.05) is 11.9 Å². The van der Waals surface area contributed by atoms with Gasteiger partial charge in [-0.15, -0.1) is 0 Å². The number of anilines is 1. The monoisotopic (exact) mass is 237 g/mol. The second kappa shape index (κ2) is 5.61. The third kappa shape index (κ3) is 3.41. The molecule has 0 bridgehead atoms. The van der Waals surface area contributed by atoms with E-state index in [-0.39, 0.29) is 10.6 Å². The van der Waals surface area contributed by atoms with E-state index in [1.165, 1.54) is 0 Å². The smallest absolute Gasteiger partial charge is 0.314 e. The predicted octanol–water partition coefficient (Wildman–Crippen LogP) is 3.00. The quantitative estimate of drug-likeness (QED) is 0.631. The Kier molecular flexibility index (Phi) is 4.43. The molecule has 17 heavy (non-hydrogen) atoms. The highest BCUT2D eigenvalue weighted by molar-refractivity contribution is 5.59. The Hall–Kier alpha value is -1.65. The highest BCUT2D eigenvalue weighted by Gasteiger charge is 2.18. The molecular weight excluding hydrogens is 218 g/mol. The topological polar surface area (TPSA) is 68.1 Å². The molecule has 0 aliphatic rings. The zero-order valence-electron chi connectivity index (χ0n) is 10.7. The Balaban J connectivity index is 2.84. The highest BCUT2D eigenvalue weighted by atomic mass is 16.6. The zero-order chi connectivity index (χ0) is 13.0. The number of aromatic nitrogens is 1. The van der Waals surface area contributed by atoms with Crippen LogP contribution in [0.5, 0.6) is 0 Å². The van der Waals surface area contributed by atoms with Crippen LogP contribution in [-0.4, -0.2) is 16.5 Å². The van der Waals surface area contributed by atoms with Gasteiger partial charge >= 0.3 is 5.69 Å². The van der Waals surface area contributed by atoms with Gasteiger partial charge in [0.2, 0.25) is 5.82 Å². The maximum Gasteiger partial charge on any atom is 0.314 e. The van der Waals surface area contributed by atoms with Crippen LogP contribution in [0.3, 0.4) is 0 Å². The van der Waals surface area contributed by atoms with Gasteiger partial charge in [0.15, 0.2) is 0 Å². The molecule has 1 heterocycles. The van der Waals surface area contributed by atoms with Gasteiger partial charge < -0.3 is 5.32 Å². The minimum Gasteiger partial charge on any atom is -0.364 e. The summed E-state index contributed by atoms with van der Waals surface area (Å²) in [6.45, 7) is 8.78. The van der Waals surface area contributed by atoms with E-state index in [1.54, 1.807) is 19.2 Å². The Morgan fingerprint density at radius 1 is 1.47 bits per heavy atom. The van der Waals surface area contributed by atoms with Crippen molar-refractivity contribution in [3.63, 3.8) is 0 Å². The van der Waals surface area contributed by atoms with E-state index >= 15 is 0 Å². The molecular formula is C12H19N3O2. The van der Waals surface area contributed by atoms with Crippen LogP contribution in [0.2, 0.25) is 0 Å². The van der Waals surface area contributed by atoms with Crippen LogP contribution in [0, 0.1) is 28.9 Å². The first-order valence-corrected chi connectivity index (χ1v) is 5.77. The molecule has 1 N–H and O–H groups in total. The summed E-state index contributed by atoms with van der Waals surface area (Å²) in [7, 11) is 0. The van der Waals surface area contributed by atoms with Crippen LogP contribution in [-0.2, 0) is 0 Å². The first kappa shape index (κ1) is 13.4. The van der Waals surface area contributed by atoms with E-state index in [0.717, 1.165) is 0 Å². The van der Waals surface area contributed by atoms with Crippen molar-refractivity contribution in [2.24, 2.45) is 11.8 Å². The van der Waals surface area contributed by atoms with Crippen molar-refractivity contribution in [1.29, 1.82) is 0 Å². The fraction of sp³-hybridized carbons (Fsp3) is 0.583. The van der Waals surface area contributed by atoms with E-state index in [9.17, 15) is 10.1 Å². The van der Waals surface area contributed by atoms with E-state index in [2.05, 4.69) is 31.1 Å². The van der Waals surface area contributed by atoms with Gasteiger partial charge in [-0.25, -0.2) is 4.98 Å². The number of aryl methyl sites for hydroxylation is 1. The standard InChI is InChI=1S/C12H19N3O2/c1-8(2)10(4)7-14-12-11(15(16)17)9(3)5-6-13-12/h5-6,8,10H,7H2,1-4H3,(H,13,14). The molecule has 0 radical (unpaired) electrons. The minimum atomic E-state index is -0.384. The first-order valence-electron chi connectivity index (χ1n) is 5.77. The third-order valence-corrected chi connectivity index (χ3v) is 3.04. The number of hydrogen-bond acceptors (Lipinski definition) is 4. The van der Waals surface area contributed by atoms with Crippen molar-refractivity contribution in [3.05, 3.63) is 27.9 Å². The average molecular weight is 237 g/mol. The van der Waals surface area contributed by atoms with Gasteiger partial charge in [0.1, 0.15) is 0 Å². The normalized spacial score (nSPS) is 12.5. The lowest BCUT2D eigenvalue weighted by Crippen LogP contribution is -2.17. The van der Waals surface area contributed by atoms with Gasteiger partial charge in [-0.2, -0.15) is 0 Å². The van der Waals surface area contributed by atoms with Crippen molar-refractivity contribution >= 4 is 11.5 Å². The fourth-order valence-electron chi connectivity index (χ4n) is 1.40. The molecule has 0 fully saturated rings. The summed E-state index contributed by atoms with van der Waals surface area (Å²) >= 11 is 0. The molecule has 1 aromatic heterocycles. The van der Waals surface area contributed by atoms with E-state index in [1.807, 2.05) is 0 Å². The van der Waals surface area contributed by atoms with E-state index in [4.69, 9.17) is 0 Å². The van der Waals surface area contributed by atoms with Crippen LogP contribution in [0.25, 0.3) is 0 Å². The van der Waals surface area contributed by atoms with Gasteiger partial charge in [0.25, 0.3) is 0 Å². The molecule has 1 unspecified atom stereocenters. The summed E-state index contributed by atoms with van der Waals surface area (Å²) in [5, 5.41) is 14.0. The third-order valence-electron chi connectivity index (χ3n) is 3.04. The number of nitrogens with one attached hydrogen (secondary N) is 1. The van der Waals surface area contributed by atoms with Gasteiger partial charge in [0, 0.05) is 18.3 Å². The molecule has 0 saturated carbocycles. The predicted molar refractivity (Wildman–Crippen MR) is 68.1 cm³/mol. The summed E-state index contributed by atoms with van der Waals surface area (Å²) < 4.78 is 0. The van der Waals surface area contributed by atoms with Crippen molar-refractivity contribution in [3.8, 4) is 0 Å². The number of rotatable bonds is 5. The van der Waals surface area contributed by atoms with Crippen LogP contribution in [0.4, 0.5) is 11.5 Å². The average Bonchev–Trinajstić information content (AvgIpc) is 2.24. The number of nitro groups is 1. The second-order valence-electron chi connectivity index (χ2n) is 4.68. The summed E-state index contributed by atoms with van der Waals surface area (Å²) in [6, 6.07) is 1.65. The SMILES string of the molecule is Cc1ccnc(NCC(C)C(C)C)c1[N+](=O)[O-]. The Morgan fingerprint density at radius 3 is 2.65 bits per heavy atom. The molecule has 1 atom stereocenters. The summed E-state index contributed by atoms with van der Waals surface area (Å²) in [6.07, 6.45) is 1.59. The lowest BCUT2D eigenvalue weighted by atomic mass is 9.98. The van der Waals surface area contributed by atoms with Crippen LogP contribution >= 0.6 is 0 Å². The van der Waals surface area contributed by atoms with Gasteiger partial charge in [-0.05, 0) is 24.8 Å². The van der Waals surface area contributed by atoms with Gasteiger partial charge in [-0.3, -0.25) is 10.1 Å². The first-order chi connectivity index (χ1) is 7.93. The van der Waals surface area contributed by atoms with Crippen LogP contribution in [0.1, 0.15) is 26.3 Å². The van der Waals surface area contributed by atoms with Crippen molar-refractivity contribution < 1.29 is 4.92 Å². The summed E-state index contributed by atoms with van der Waals surface area (Å²) in [5.41, 5.74) is 0.702. The second-order valence-corrected chi connectivity index (χ2v) is 4.68. The van der Waals surface area contributed by atoms with Crippen molar-refractivity contribution in [1.82, 2.24) is 4.98 Å². The molecule has 0 amide bonds. The minimum absolute atomic E-state index is 0.0726. The van der Waals surface area contributed by atoms with Crippen molar-refractivity contribution in [2.45, 2.75) is 27.7 Å². The largest absolute Gasteiger partial charge is 0.364 e. The Morgan fingerprint density at radius 2 is 2.12 bits per heavy atom. The lowest BCUT2D eigenvalue weighted by molar-refractivity contribution is -0.384. The maximum atomic E-state index is 10.9. The van der Waals surface area contributed by atoms with Gasteiger partial charge in [0.05, 0.1) is 4.92 Å². The highest BCUT2D eigenvalue weighted by Crippen LogP contribution is 2.25. The summed E-state index contributed by atoms with van der Waals surface area (Å²) in [5.74, 6) is 1.34. The summed E-state index contributed by atoms with van der Waals surface area (Å²) in [4.78, 5) is 14.6.